The van der Waals surface area contributed by atoms with Gasteiger partial charge < -0.3 is 9.80 Å². The van der Waals surface area contributed by atoms with Crippen molar-refractivity contribution in [1.82, 2.24) is 14.7 Å². The van der Waals surface area contributed by atoms with Gasteiger partial charge >= 0.3 is 0 Å². The molecule has 34 heavy (non-hydrogen) atoms. The maximum atomic E-state index is 13.6. The summed E-state index contributed by atoms with van der Waals surface area (Å²) in [4.78, 5) is 33.5. The lowest BCUT2D eigenvalue weighted by Crippen LogP contribution is -2.45. The van der Waals surface area contributed by atoms with Crippen LogP contribution < -0.4 is 0 Å². The standard InChI is InChI=1S/C27H28FN3O2S/c28-22-9-4-8-21(18-22)27(33)30-13-5-12-29(15-16-30)25(32)19-31-14-10-24-23(11-17-34-24)26(31)20-6-2-1-3-7-20/h1-4,6-9,11,17-18,26H,5,10,12-16,19H2. The molecule has 0 N–H and O–H groups in total. The zero-order chi connectivity index (χ0) is 23.5. The number of carbonyl (C=O) groups is 2. The van der Waals surface area contributed by atoms with Gasteiger partial charge in [0.1, 0.15) is 5.82 Å². The summed E-state index contributed by atoms with van der Waals surface area (Å²) in [6, 6.07) is 18.5. The van der Waals surface area contributed by atoms with Gasteiger partial charge in [-0.1, -0.05) is 36.4 Å². The van der Waals surface area contributed by atoms with Crippen LogP contribution in [0, 0.1) is 5.82 Å². The topological polar surface area (TPSA) is 43.9 Å². The van der Waals surface area contributed by atoms with Gasteiger partial charge in [0, 0.05) is 43.2 Å². The van der Waals surface area contributed by atoms with Crippen LogP contribution in [0.15, 0.2) is 66.0 Å². The highest BCUT2D eigenvalue weighted by molar-refractivity contribution is 7.10. The Morgan fingerprint density at radius 1 is 0.912 bits per heavy atom. The van der Waals surface area contributed by atoms with E-state index in [-0.39, 0.29) is 17.9 Å². The number of nitrogens with zero attached hydrogens (tertiary/aromatic N) is 3. The van der Waals surface area contributed by atoms with E-state index in [1.807, 2.05) is 11.0 Å². The first kappa shape index (κ1) is 22.7. The maximum absolute atomic E-state index is 13.6. The van der Waals surface area contributed by atoms with Crippen LogP contribution in [0.1, 0.15) is 38.8 Å². The van der Waals surface area contributed by atoms with Crippen LogP contribution in [0.25, 0.3) is 0 Å². The molecular formula is C27H28FN3O2S. The van der Waals surface area contributed by atoms with Crippen LogP contribution >= 0.6 is 11.3 Å². The molecule has 5 rings (SSSR count). The Bertz CT molecular complexity index is 1170. The Balaban J connectivity index is 1.26. The summed E-state index contributed by atoms with van der Waals surface area (Å²) in [6.07, 6.45) is 1.67. The molecule has 0 spiro atoms. The summed E-state index contributed by atoms with van der Waals surface area (Å²) in [5.41, 5.74) is 2.86. The van der Waals surface area contributed by atoms with Gasteiger partial charge in [0.2, 0.25) is 5.91 Å². The minimum Gasteiger partial charge on any atom is -0.340 e. The van der Waals surface area contributed by atoms with Gasteiger partial charge in [-0.25, -0.2) is 4.39 Å². The van der Waals surface area contributed by atoms with Crippen molar-refractivity contribution in [3.63, 3.8) is 0 Å². The summed E-state index contributed by atoms with van der Waals surface area (Å²) in [7, 11) is 0. The van der Waals surface area contributed by atoms with Crippen LogP contribution in [-0.4, -0.2) is 65.8 Å². The van der Waals surface area contributed by atoms with Crippen molar-refractivity contribution >= 4 is 23.2 Å². The smallest absolute Gasteiger partial charge is 0.254 e. The number of hydrogen-bond donors (Lipinski definition) is 0. The molecule has 2 aliphatic heterocycles. The first-order valence-corrected chi connectivity index (χ1v) is 12.7. The fraction of sp³-hybridized carbons (Fsp3) is 0.333. The van der Waals surface area contributed by atoms with Gasteiger partial charge in [-0.15, -0.1) is 11.3 Å². The van der Waals surface area contributed by atoms with E-state index in [0.717, 1.165) is 13.0 Å². The van der Waals surface area contributed by atoms with Gasteiger partial charge in [-0.3, -0.25) is 14.5 Å². The predicted octanol–water partition coefficient (Wildman–Crippen LogP) is 4.21. The van der Waals surface area contributed by atoms with Crippen LogP contribution in [0.2, 0.25) is 0 Å². The highest BCUT2D eigenvalue weighted by atomic mass is 32.1. The Morgan fingerprint density at radius 2 is 1.71 bits per heavy atom. The number of amides is 2. The molecule has 3 aromatic rings. The van der Waals surface area contributed by atoms with E-state index in [4.69, 9.17) is 0 Å². The maximum Gasteiger partial charge on any atom is 0.254 e. The number of thiophene rings is 1. The second-order valence-corrected chi connectivity index (χ2v) is 9.87. The molecule has 2 aromatic carbocycles. The van der Waals surface area contributed by atoms with Gasteiger partial charge in [-0.05, 0) is 53.6 Å². The van der Waals surface area contributed by atoms with E-state index in [2.05, 4.69) is 40.6 Å². The molecular weight excluding hydrogens is 449 g/mol. The number of hydrogen-bond acceptors (Lipinski definition) is 4. The van der Waals surface area contributed by atoms with Crippen LogP contribution in [-0.2, 0) is 11.2 Å². The van der Waals surface area contributed by atoms with E-state index in [9.17, 15) is 14.0 Å². The summed E-state index contributed by atoms with van der Waals surface area (Å²) < 4.78 is 13.6. The summed E-state index contributed by atoms with van der Waals surface area (Å²) >= 11 is 1.79. The van der Waals surface area contributed by atoms with Crippen molar-refractivity contribution in [1.29, 1.82) is 0 Å². The average molecular weight is 478 g/mol. The first-order valence-electron chi connectivity index (χ1n) is 11.8. The lowest BCUT2D eigenvalue weighted by molar-refractivity contribution is -0.132. The van der Waals surface area contributed by atoms with Crippen LogP contribution in [0.3, 0.4) is 0 Å². The van der Waals surface area contributed by atoms with Crippen LogP contribution in [0.4, 0.5) is 4.39 Å². The lowest BCUT2D eigenvalue weighted by atomic mass is 9.93. The minimum absolute atomic E-state index is 0.0816. The fourth-order valence-corrected chi connectivity index (χ4v) is 5.92. The van der Waals surface area contributed by atoms with Crippen molar-refractivity contribution in [2.24, 2.45) is 0 Å². The SMILES string of the molecule is O=C(CN1CCc2sccc2C1c1ccccc1)N1CCCN(C(=O)c2cccc(F)c2)CC1. The third kappa shape index (κ3) is 4.76. The van der Waals surface area contributed by atoms with E-state index >= 15 is 0 Å². The van der Waals surface area contributed by atoms with E-state index < -0.39 is 5.82 Å². The Kier molecular flexibility index (Phi) is 6.74. The average Bonchev–Trinajstić information content (AvgIpc) is 3.19. The molecule has 7 heteroatoms. The number of fused-ring (bicyclic) bond motifs is 1. The molecule has 0 bridgehead atoms. The number of benzene rings is 2. The Hall–Kier alpha value is -3.03. The molecule has 5 nitrogen and oxygen atoms in total. The van der Waals surface area contributed by atoms with Crippen molar-refractivity contribution in [3.05, 3.63) is 93.4 Å². The quantitative estimate of drug-likeness (QED) is 0.566. The van der Waals surface area contributed by atoms with Crippen molar-refractivity contribution in [2.45, 2.75) is 18.9 Å². The highest BCUT2D eigenvalue weighted by Gasteiger charge is 2.32. The molecule has 1 atom stereocenters. The van der Waals surface area contributed by atoms with Gasteiger partial charge in [0.05, 0.1) is 12.6 Å². The second-order valence-electron chi connectivity index (χ2n) is 8.87. The molecule has 0 aliphatic carbocycles. The van der Waals surface area contributed by atoms with E-state index in [1.54, 1.807) is 28.4 Å². The molecule has 1 saturated heterocycles. The largest absolute Gasteiger partial charge is 0.340 e. The molecule has 0 radical (unpaired) electrons. The molecule has 2 amide bonds. The van der Waals surface area contributed by atoms with Crippen LogP contribution in [0.5, 0.6) is 0 Å². The summed E-state index contributed by atoms with van der Waals surface area (Å²) in [5, 5.41) is 2.14. The number of halogens is 1. The highest BCUT2D eigenvalue weighted by Crippen LogP contribution is 2.37. The summed E-state index contributed by atoms with van der Waals surface area (Å²) in [5.74, 6) is -0.501. The normalized spacial score (nSPS) is 18.9. The van der Waals surface area contributed by atoms with E-state index in [1.165, 1.54) is 28.1 Å². The number of carbonyl (C=O) groups excluding carboxylic acids is 2. The third-order valence-corrected chi connectivity index (χ3v) is 7.72. The van der Waals surface area contributed by atoms with Crippen molar-refractivity contribution in [3.8, 4) is 0 Å². The zero-order valence-electron chi connectivity index (χ0n) is 19.0. The van der Waals surface area contributed by atoms with Crippen molar-refractivity contribution in [2.75, 3.05) is 39.3 Å². The Labute approximate surface area is 203 Å². The molecule has 3 heterocycles. The molecule has 1 aromatic heterocycles. The van der Waals surface area contributed by atoms with Crippen molar-refractivity contribution < 1.29 is 14.0 Å². The lowest BCUT2D eigenvalue weighted by Gasteiger charge is -2.37. The molecule has 1 fully saturated rings. The van der Waals surface area contributed by atoms with E-state index in [0.29, 0.717) is 44.7 Å². The molecule has 0 saturated carbocycles. The Morgan fingerprint density at radius 3 is 2.53 bits per heavy atom. The first-order chi connectivity index (χ1) is 16.6. The summed E-state index contributed by atoms with van der Waals surface area (Å²) in [6.45, 7) is 3.34. The minimum atomic E-state index is -0.416. The molecule has 1 unspecified atom stereocenters. The monoisotopic (exact) mass is 477 g/mol. The number of rotatable bonds is 4. The van der Waals surface area contributed by atoms with Gasteiger partial charge in [0.15, 0.2) is 0 Å². The van der Waals surface area contributed by atoms with Gasteiger partial charge in [0.25, 0.3) is 5.91 Å². The molecule has 176 valence electrons. The second kappa shape index (κ2) is 10.1. The molecule has 2 aliphatic rings. The zero-order valence-corrected chi connectivity index (χ0v) is 19.8. The fourth-order valence-electron chi connectivity index (χ4n) is 5.01. The predicted molar refractivity (Wildman–Crippen MR) is 131 cm³/mol. The third-order valence-electron chi connectivity index (χ3n) is 6.73. The van der Waals surface area contributed by atoms with Gasteiger partial charge in [-0.2, -0.15) is 0 Å².